The molecule has 2 saturated heterocycles. The molecule has 0 N–H and O–H groups in total. The molecule has 134 valence electrons. The molecule has 1 unspecified atom stereocenters. The molecular weight excluding hydrogens is 319 g/mol. The minimum absolute atomic E-state index is 0.0547. The number of rotatable bonds is 6. The quantitative estimate of drug-likeness (QED) is 0.768. The van der Waals surface area contributed by atoms with Crippen LogP contribution in [-0.4, -0.2) is 60.6 Å². The van der Waals surface area contributed by atoms with Gasteiger partial charge in [0.2, 0.25) is 0 Å². The molecule has 2 aliphatic heterocycles. The first-order valence-electron chi connectivity index (χ1n) is 9.46. The van der Waals surface area contributed by atoms with Crippen molar-refractivity contribution >= 4 is 11.8 Å². The number of thioether (sulfide) groups is 1. The lowest BCUT2D eigenvalue weighted by Crippen LogP contribution is -2.44. The molecule has 2 aliphatic rings. The van der Waals surface area contributed by atoms with E-state index < -0.39 is 0 Å². The van der Waals surface area contributed by atoms with E-state index >= 15 is 0 Å². The van der Waals surface area contributed by atoms with Gasteiger partial charge in [-0.3, -0.25) is 0 Å². The molecule has 0 aliphatic carbocycles. The van der Waals surface area contributed by atoms with Gasteiger partial charge in [0.15, 0.2) is 0 Å². The molecule has 2 heterocycles. The first-order valence-corrected chi connectivity index (χ1v) is 10.6. The van der Waals surface area contributed by atoms with Gasteiger partial charge in [-0.2, -0.15) is 11.8 Å². The Labute approximate surface area is 150 Å². The van der Waals surface area contributed by atoms with Crippen LogP contribution in [0, 0.1) is 11.7 Å². The number of halogens is 1. The molecule has 0 aromatic heterocycles. The van der Waals surface area contributed by atoms with E-state index in [0.29, 0.717) is 0 Å². The normalized spacial score (nSPS) is 23.7. The van der Waals surface area contributed by atoms with Crippen LogP contribution < -0.4 is 0 Å². The molecule has 4 heteroatoms. The van der Waals surface area contributed by atoms with Gasteiger partial charge in [0.05, 0.1) is 0 Å². The molecule has 1 aromatic rings. The molecule has 0 saturated carbocycles. The number of benzene rings is 1. The molecule has 2 fully saturated rings. The van der Waals surface area contributed by atoms with E-state index in [1.807, 2.05) is 12.1 Å². The molecule has 1 atom stereocenters. The van der Waals surface area contributed by atoms with Gasteiger partial charge in [-0.15, -0.1) is 0 Å². The van der Waals surface area contributed by atoms with Crippen molar-refractivity contribution in [3.8, 4) is 0 Å². The maximum atomic E-state index is 13.8. The fraction of sp³-hybridized carbons (Fsp3) is 0.700. The number of hydrogen-bond donors (Lipinski definition) is 0. The fourth-order valence-corrected chi connectivity index (χ4v) is 5.25. The number of likely N-dealkylation sites (tertiary alicyclic amines) is 1. The molecule has 0 radical (unpaired) electrons. The van der Waals surface area contributed by atoms with E-state index in [-0.39, 0.29) is 5.82 Å². The van der Waals surface area contributed by atoms with Crippen molar-refractivity contribution in [1.29, 1.82) is 0 Å². The summed E-state index contributed by atoms with van der Waals surface area (Å²) < 4.78 is 13.8. The molecule has 0 amide bonds. The predicted octanol–water partition coefficient (Wildman–Crippen LogP) is 3.91. The van der Waals surface area contributed by atoms with Crippen LogP contribution in [0.3, 0.4) is 0 Å². The zero-order valence-corrected chi connectivity index (χ0v) is 15.7. The van der Waals surface area contributed by atoms with Crippen LogP contribution in [0.25, 0.3) is 0 Å². The van der Waals surface area contributed by atoms with Crippen LogP contribution in [-0.2, 0) is 6.42 Å². The van der Waals surface area contributed by atoms with Crippen LogP contribution in [0.2, 0.25) is 0 Å². The predicted molar refractivity (Wildman–Crippen MR) is 102 cm³/mol. The Bertz CT molecular complexity index is 504. The van der Waals surface area contributed by atoms with Gasteiger partial charge in [0.1, 0.15) is 5.82 Å². The zero-order valence-electron chi connectivity index (χ0n) is 14.9. The van der Waals surface area contributed by atoms with E-state index in [9.17, 15) is 4.39 Å². The highest BCUT2D eigenvalue weighted by molar-refractivity contribution is 7.99. The molecule has 0 bridgehead atoms. The monoisotopic (exact) mass is 350 g/mol. The Morgan fingerprint density at radius 1 is 1.21 bits per heavy atom. The topological polar surface area (TPSA) is 6.48 Å². The summed E-state index contributed by atoms with van der Waals surface area (Å²) in [6.07, 6.45) is 6.17. The maximum Gasteiger partial charge on any atom is 0.126 e. The average molecular weight is 351 g/mol. The van der Waals surface area contributed by atoms with Crippen molar-refractivity contribution in [3.05, 3.63) is 35.6 Å². The SMILES string of the molecule is CN(CC1CCCN(CCc2ccccc2F)C1)C1CCSCC1. The number of hydrogen-bond acceptors (Lipinski definition) is 3. The van der Waals surface area contributed by atoms with Gasteiger partial charge < -0.3 is 9.80 Å². The van der Waals surface area contributed by atoms with E-state index in [1.165, 1.54) is 56.8 Å². The van der Waals surface area contributed by atoms with Crippen molar-refractivity contribution in [3.63, 3.8) is 0 Å². The van der Waals surface area contributed by atoms with Crippen molar-refractivity contribution < 1.29 is 4.39 Å². The third-order valence-corrected chi connectivity index (χ3v) is 6.67. The first-order chi connectivity index (χ1) is 11.7. The van der Waals surface area contributed by atoms with Gasteiger partial charge >= 0.3 is 0 Å². The summed E-state index contributed by atoms with van der Waals surface area (Å²) in [5.41, 5.74) is 0.858. The summed E-state index contributed by atoms with van der Waals surface area (Å²) in [4.78, 5) is 5.16. The molecule has 3 rings (SSSR count). The Morgan fingerprint density at radius 2 is 2.00 bits per heavy atom. The summed E-state index contributed by atoms with van der Waals surface area (Å²) in [7, 11) is 2.32. The molecule has 24 heavy (non-hydrogen) atoms. The lowest BCUT2D eigenvalue weighted by Gasteiger charge is -2.38. The Hall–Kier alpha value is -0.580. The summed E-state index contributed by atoms with van der Waals surface area (Å²) in [6.45, 7) is 4.57. The van der Waals surface area contributed by atoms with Crippen LogP contribution >= 0.6 is 11.8 Å². The van der Waals surface area contributed by atoms with Crippen molar-refractivity contribution in [2.75, 3.05) is 44.7 Å². The lowest BCUT2D eigenvalue weighted by molar-refractivity contribution is 0.122. The minimum atomic E-state index is -0.0547. The smallest absolute Gasteiger partial charge is 0.126 e. The van der Waals surface area contributed by atoms with Gasteiger partial charge in [-0.1, -0.05) is 18.2 Å². The largest absolute Gasteiger partial charge is 0.303 e. The highest BCUT2D eigenvalue weighted by Gasteiger charge is 2.24. The van der Waals surface area contributed by atoms with Gasteiger partial charge in [0.25, 0.3) is 0 Å². The second-order valence-corrected chi connectivity index (χ2v) is 8.66. The summed E-state index contributed by atoms with van der Waals surface area (Å²) in [5.74, 6) is 3.38. The Balaban J connectivity index is 1.44. The molecular formula is C20H31FN2S. The van der Waals surface area contributed by atoms with E-state index in [1.54, 1.807) is 12.1 Å². The number of nitrogens with zero attached hydrogens (tertiary/aromatic N) is 2. The first kappa shape index (κ1) is 18.2. The average Bonchev–Trinajstić information content (AvgIpc) is 2.62. The second kappa shape index (κ2) is 9.21. The highest BCUT2D eigenvalue weighted by atomic mass is 32.2. The fourth-order valence-electron chi connectivity index (χ4n) is 4.17. The third kappa shape index (κ3) is 5.21. The van der Waals surface area contributed by atoms with E-state index in [0.717, 1.165) is 30.5 Å². The standard InChI is InChI=1S/C20H31FN2S/c1-22(19-9-13-24-14-10-19)15-17-5-4-11-23(16-17)12-8-18-6-2-3-7-20(18)21/h2-3,6-7,17,19H,4-5,8-16H2,1H3. The maximum absolute atomic E-state index is 13.8. The van der Waals surface area contributed by atoms with Crippen molar-refractivity contribution in [2.45, 2.75) is 38.1 Å². The molecule has 2 nitrogen and oxygen atoms in total. The van der Waals surface area contributed by atoms with Gasteiger partial charge in [-0.25, -0.2) is 4.39 Å². The number of piperidine rings is 1. The lowest BCUT2D eigenvalue weighted by atomic mass is 9.96. The summed E-state index contributed by atoms with van der Waals surface area (Å²) in [5, 5.41) is 0. The van der Waals surface area contributed by atoms with E-state index in [2.05, 4.69) is 28.6 Å². The van der Waals surface area contributed by atoms with Gasteiger partial charge in [0, 0.05) is 25.7 Å². The van der Waals surface area contributed by atoms with Crippen molar-refractivity contribution in [1.82, 2.24) is 9.80 Å². The minimum Gasteiger partial charge on any atom is -0.303 e. The van der Waals surface area contributed by atoms with Crippen LogP contribution in [0.1, 0.15) is 31.2 Å². The van der Waals surface area contributed by atoms with Crippen LogP contribution in [0.5, 0.6) is 0 Å². The third-order valence-electron chi connectivity index (χ3n) is 5.62. The Kier molecular flexibility index (Phi) is 6.99. The summed E-state index contributed by atoms with van der Waals surface area (Å²) >= 11 is 2.10. The van der Waals surface area contributed by atoms with Crippen molar-refractivity contribution in [2.24, 2.45) is 5.92 Å². The summed E-state index contributed by atoms with van der Waals surface area (Å²) in [6, 6.07) is 8.00. The van der Waals surface area contributed by atoms with Gasteiger partial charge in [-0.05, 0) is 74.7 Å². The van der Waals surface area contributed by atoms with E-state index in [4.69, 9.17) is 0 Å². The Morgan fingerprint density at radius 3 is 2.79 bits per heavy atom. The molecule has 1 aromatic carbocycles. The second-order valence-electron chi connectivity index (χ2n) is 7.43. The van der Waals surface area contributed by atoms with Crippen LogP contribution in [0.15, 0.2) is 24.3 Å². The molecule has 0 spiro atoms. The van der Waals surface area contributed by atoms with Crippen LogP contribution in [0.4, 0.5) is 4.39 Å². The zero-order chi connectivity index (χ0) is 16.8. The highest BCUT2D eigenvalue weighted by Crippen LogP contribution is 2.24.